The molecule has 0 spiro atoms. The number of carbonyl (C=O) groups is 1. The molecule has 5 nitrogen and oxygen atoms in total. The number of aromatic nitrogens is 1. The molecule has 1 aromatic rings. The summed E-state index contributed by atoms with van der Waals surface area (Å²) in [6.45, 7) is 9.60. The van der Waals surface area contributed by atoms with E-state index in [0.717, 1.165) is 42.9 Å². The molecule has 0 radical (unpaired) electrons. The van der Waals surface area contributed by atoms with E-state index < -0.39 is 0 Å². The second-order valence-electron chi connectivity index (χ2n) is 6.05. The van der Waals surface area contributed by atoms with Gasteiger partial charge in [-0.15, -0.1) is 22.9 Å². The smallest absolute Gasteiger partial charge is 0.343 e. The highest BCUT2D eigenvalue weighted by molar-refractivity contribution is 7.09. The molecule has 130 valence electrons. The number of aryl methyl sites for hydroxylation is 1. The van der Waals surface area contributed by atoms with Crippen LogP contribution in [0, 0.1) is 13.8 Å². The van der Waals surface area contributed by atoms with Gasteiger partial charge < -0.3 is 14.6 Å². The molecule has 0 aliphatic carbocycles. The van der Waals surface area contributed by atoms with Crippen molar-refractivity contribution in [2.24, 2.45) is 4.99 Å². The maximum Gasteiger partial charge on any atom is 0.343 e. The number of carbonyl (C=O) groups excluding carboxylic acids is 1. The van der Waals surface area contributed by atoms with Crippen LogP contribution in [0.25, 0.3) is 0 Å². The first-order valence-corrected chi connectivity index (χ1v) is 9.45. The highest BCUT2D eigenvalue weighted by atomic mass is 35.5. The Morgan fingerprint density at radius 1 is 1.57 bits per heavy atom. The van der Waals surface area contributed by atoms with Gasteiger partial charge in [0.05, 0.1) is 18.0 Å². The number of nitrogens with one attached hydrogen (secondary N) is 1. The van der Waals surface area contributed by atoms with E-state index in [9.17, 15) is 4.79 Å². The third-order valence-electron chi connectivity index (χ3n) is 4.28. The van der Waals surface area contributed by atoms with Gasteiger partial charge in [0.15, 0.2) is 4.80 Å². The SMILES string of the molecule is CCC(Cl)C(C)NC(=O)/N=c1\sc(C)c(C)n1CC1CCCO1. The molecule has 1 N–H and O–H groups in total. The Hall–Kier alpha value is -0.850. The summed E-state index contributed by atoms with van der Waals surface area (Å²) in [6.07, 6.45) is 3.19. The standard InChI is InChI=1S/C16H26ClN3O2S/c1-5-14(17)10(2)18-15(21)19-16-20(11(3)12(4)23-16)9-13-7-6-8-22-13/h10,13-14H,5-9H2,1-4H3,(H,18,21)/b19-16-. The lowest BCUT2D eigenvalue weighted by Gasteiger charge is -2.16. The van der Waals surface area contributed by atoms with Crippen molar-refractivity contribution in [2.75, 3.05) is 6.61 Å². The third kappa shape index (κ3) is 4.81. The fourth-order valence-electron chi connectivity index (χ4n) is 2.65. The summed E-state index contributed by atoms with van der Waals surface area (Å²) in [6, 6.07) is -0.439. The van der Waals surface area contributed by atoms with E-state index in [1.54, 1.807) is 11.3 Å². The maximum absolute atomic E-state index is 12.2. The van der Waals surface area contributed by atoms with E-state index >= 15 is 0 Å². The summed E-state index contributed by atoms with van der Waals surface area (Å²) in [5, 5.41) is 2.77. The van der Waals surface area contributed by atoms with Crippen LogP contribution in [-0.2, 0) is 11.3 Å². The normalized spacial score (nSPS) is 21.4. The molecule has 3 atom stereocenters. The van der Waals surface area contributed by atoms with E-state index in [1.807, 2.05) is 13.8 Å². The Morgan fingerprint density at radius 2 is 2.30 bits per heavy atom. The molecule has 1 fully saturated rings. The van der Waals surface area contributed by atoms with Crippen LogP contribution in [0.1, 0.15) is 43.7 Å². The topological polar surface area (TPSA) is 55.6 Å². The number of rotatable bonds is 5. The molecule has 7 heteroatoms. The maximum atomic E-state index is 12.2. The average molecular weight is 360 g/mol. The van der Waals surface area contributed by atoms with Gasteiger partial charge in [-0.1, -0.05) is 6.92 Å². The van der Waals surface area contributed by atoms with Crippen LogP contribution in [-0.4, -0.2) is 34.7 Å². The molecule has 1 aliphatic heterocycles. The molecular weight excluding hydrogens is 334 g/mol. The van der Waals surface area contributed by atoms with Crippen LogP contribution in [0.15, 0.2) is 4.99 Å². The summed E-state index contributed by atoms with van der Waals surface area (Å²) in [5.74, 6) is 0. The molecular formula is C16H26ClN3O2S. The molecule has 2 amide bonds. The van der Waals surface area contributed by atoms with Crippen molar-refractivity contribution in [1.29, 1.82) is 0 Å². The lowest BCUT2D eigenvalue weighted by molar-refractivity contribution is 0.0958. The van der Waals surface area contributed by atoms with Gasteiger partial charge >= 0.3 is 6.03 Å². The second-order valence-corrected chi connectivity index (χ2v) is 7.79. The van der Waals surface area contributed by atoms with Gasteiger partial charge in [0.1, 0.15) is 0 Å². The van der Waals surface area contributed by atoms with Crippen molar-refractivity contribution < 1.29 is 9.53 Å². The molecule has 3 unspecified atom stereocenters. The van der Waals surface area contributed by atoms with Gasteiger partial charge in [-0.05, 0) is 40.0 Å². The number of urea groups is 1. The van der Waals surface area contributed by atoms with Crippen LogP contribution >= 0.6 is 22.9 Å². The molecule has 1 saturated heterocycles. The zero-order valence-electron chi connectivity index (χ0n) is 14.3. The van der Waals surface area contributed by atoms with Crippen LogP contribution in [0.4, 0.5) is 4.79 Å². The zero-order chi connectivity index (χ0) is 17.0. The summed E-state index contributed by atoms with van der Waals surface area (Å²) < 4.78 is 7.81. The largest absolute Gasteiger partial charge is 0.376 e. The summed E-state index contributed by atoms with van der Waals surface area (Å²) in [4.78, 5) is 18.3. The lowest BCUT2D eigenvalue weighted by atomic mass is 10.2. The van der Waals surface area contributed by atoms with Gasteiger partial charge in [-0.3, -0.25) is 0 Å². The molecule has 1 aliphatic rings. The molecule has 0 bridgehead atoms. The lowest BCUT2D eigenvalue weighted by Crippen LogP contribution is -2.38. The predicted molar refractivity (Wildman–Crippen MR) is 94.2 cm³/mol. The number of nitrogens with zero attached hydrogens (tertiary/aromatic N) is 2. The first-order chi connectivity index (χ1) is 10.9. The molecule has 0 aromatic carbocycles. The van der Waals surface area contributed by atoms with Crippen molar-refractivity contribution in [3.8, 4) is 0 Å². The number of amides is 2. The van der Waals surface area contributed by atoms with E-state index in [1.165, 1.54) is 4.88 Å². The zero-order valence-corrected chi connectivity index (χ0v) is 15.8. The number of hydrogen-bond donors (Lipinski definition) is 1. The fraction of sp³-hybridized carbons (Fsp3) is 0.750. The molecule has 23 heavy (non-hydrogen) atoms. The van der Waals surface area contributed by atoms with Crippen LogP contribution in [0.5, 0.6) is 0 Å². The third-order valence-corrected chi connectivity index (χ3v) is 6.06. The van der Waals surface area contributed by atoms with Gasteiger partial charge in [0, 0.05) is 23.2 Å². The Morgan fingerprint density at radius 3 is 2.91 bits per heavy atom. The average Bonchev–Trinajstić information content (AvgIpc) is 3.11. The van der Waals surface area contributed by atoms with Crippen molar-refractivity contribution in [2.45, 2.75) is 71.0 Å². The van der Waals surface area contributed by atoms with Crippen molar-refractivity contribution >= 4 is 29.0 Å². The van der Waals surface area contributed by atoms with Gasteiger partial charge in [0.2, 0.25) is 0 Å². The minimum absolute atomic E-state index is 0.0834. The van der Waals surface area contributed by atoms with Gasteiger partial charge in [-0.25, -0.2) is 4.79 Å². The van der Waals surface area contributed by atoms with Crippen molar-refractivity contribution in [3.05, 3.63) is 15.4 Å². The van der Waals surface area contributed by atoms with Crippen LogP contribution in [0.2, 0.25) is 0 Å². The summed E-state index contributed by atoms with van der Waals surface area (Å²) >= 11 is 7.70. The Labute approximate surface area is 146 Å². The number of thiazole rings is 1. The summed E-state index contributed by atoms with van der Waals surface area (Å²) in [7, 11) is 0. The van der Waals surface area contributed by atoms with E-state index in [0.29, 0.717) is 0 Å². The molecule has 0 saturated carbocycles. The Balaban J connectivity index is 2.17. The van der Waals surface area contributed by atoms with Crippen molar-refractivity contribution in [1.82, 2.24) is 9.88 Å². The highest BCUT2D eigenvalue weighted by Gasteiger charge is 2.19. The Kier molecular flexibility index (Phi) is 6.68. The summed E-state index contributed by atoms with van der Waals surface area (Å²) in [5.41, 5.74) is 1.15. The first kappa shape index (κ1) is 18.5. The van der Waals surface area contributed by atoms with Crippen molar-refractivity contribution in [3.63, 3.8) is 0 Å². The number of halogens is 1. The predicted octanol–water partition coefficient (Wildman–Crippen LogP) is 3.36. The quantitative estimate of drug-likeness (QED) is 0.819. The van der Waals surface area contributed by atoms with Gasteiger partial charge in [0.25, 0.3) is 0 Å². The first-order valence-electron chi connectivity index (χ1n) is 8.20. The highest BCUT2D eigenvalue weighted by Crippen LogP contribution is 2.17. The fourth-order valence-corrected chi connectivity index (χ4v) is 3.69. The molecule has 2 heterocycles. The van der Waals surface area contributed by atoms with Gasteiger partial charge in [-0.2, -0.15) is 4.99 Å². The van der Waals surface area contributed by atoms with Crippen LogP contribution < -0.4 is 10.1 Å². The monoisotopic (exact) mass is 359 g/mol. The second kappa shape index (κ2) is 8.31. The Bertz CT molecular complexity index is 605. The van der Waals surface area contributed by atoms with E-state index in [2.05, 4.69) is 28.7 Å². The molecule has 2 rings (SSSR count). The number of alkyl halides is 1. The van der Waals surface area contributed by atoms with Crippen LogP contribution in [0.3, 0.4) is 0 Å². The minimum atomic E-state index is -0.334. The molecule has 1 aromatic heterocycles. The number of hydrogen-bond acceptors (Lipinski definition) is 3. The number of ether oxygens (including phenoxy) is 1. The van der Waals surface area contributed by atoms with E-state index in [4.69, 9.17) is 16.3 Å². The minimum Gasteiger partial charge on any atom is -0.376 e. The van der Waals surface area contributed by atoms with E-state index in [-0.39, 0.29) is 23.6 Å².